The number of rotatable bonds is 5. The zero-order valence-electron chi connectivity index (χ0n) is 14.8. The number of carbonyl (C=O) groups is 2. The third-order valence-corrected chi connectivity index (χ3v) is 4.39. The lowest BCUT2D eigenvalue weighted by Crippen LogP contribution is -2.13. The number of amides is 1. The van der Waals surface area contributed by atoms with Crippen LogP contribution in [-0.2, 0) is 0 Å². The van der Waals surface area contributed by atoms with Crippen LogP contribution >= 0.6 is 11.6 Å². The minimum absolute atomic E-state index is 0.0284. The summed E-state index contributed by atoms with van der Waals surface area (Å²) in [5.74, 6) is -0.00176. The van der Waals surface area contributed by atoms with Crippen molar-refractivity contribution in [3.05, 3.63) is 76.6 Å². The second-order valence-electron chi connectivity index (χ2n) is 5.92. The zero-order chi connectivity index (χ0) is 19.4. The summed E-state index contributed by atoms with van der Waals surface area (Å²) in [6, 6.07) is 12.2. The summed E-state index contributed by atoms with van der Waals surface area (Å²) in [7, 11) is 0. The molecule has 0 aliphatic carbocycles. The first kappa shape index (κ1) is 18.5. The van der Waals surface area contributed by atoms with E-state index in [-0.39, 0.29) is 11.7 Å². The molecule has 0 saturated heterocycles. The van der Waals surface area contributed by atoms with Crippen molar-refractivity contribution in [2.24, 2.45) is 0 Å². The van der Waals surface area contributed by atoms with E-state index in [0.29, 0.717) is 27.8 Å². The molecule has 3 aromatic rings. The summed E-state index contributed by atoms with van der Waals surface area (Å²) < 4.78 is 0. The standard InChI is InChI=1S/C20H17ClN4O2/c1-12-17(21)4-3-5-18(12)25-20-22-10-15(11-23-20)19(27)24-16-8-6-14(7-9-16)13(2)26/h3-11H,1-2H3,(H,24,27)(H,22,23,25). The second kappa shape index (κ2) is 7.97. The van der Waals surface area contributed by atoms with Crippen molar-refractivity contribution in [1.29, 1.82) is 0 Å². The molecule has 7 heteroatoms. The van der Waals surface area contributed by atoms with Crippen LogP contribution in [-0.4, -0.2) is 21.7 Å². The van der Waals surface area contributed by atoms with E-state index in [9.17, 15) is 9.59 Å². The Kier molecular flexibility index (Phi) is 5.47. The van der Waals surface area contributed by atoms with Gasteiger partial charge in [0.15, 0.2) is 5.78 Å². The molecule has 1 amide bonds. The minimum atomic E-state index is -0.337. The molecule has 0 aliphatic rings. The fourth-order valence-corrected chi connectivity index (χ4v) is 2.54. The van der Waals surface area contributed by atoms with E-state index in [1.807, 2.05) is 19.1 Å². The van der Waals surface area contributed by atoms with E-state index in [1.165, 1.54) is 19.3 Å². The van der Waals surface area contributed by atoms with Crippen LogP contribution in [0.2, 0.25) is 5.02 Å². The average molecular weight is 381 g/mol. The van der Waals surface area contributed by atoms with Gasteiger partial charge in [0, 0.05) is 34.4 Å². The van der Waals surface area contributed by atoms with E-state index in [1.54, 1.807) is 30.3 Å². The maximum atomic E-state index is 12.3. The molecule has 0 bridgehead atoms. The molecule has 136 valence electrons. The number of nitrogens with one attached hydrogen (secondary N) is 2. The summed E-state index contributed by atoms with van der Waals surface area (Å²) >= 11 is 6.10. The smallest absolute Gasteiger partial charge is 0.258 e. The highest BCUT2D eigenvalue weighted by Gasteiger charge is 2.09. The van der Waals surface area contributed by atoms with E-state index in [2.05, 4.69) is 20.6 Å². The largest absolute Gasteiger partial charge is 0.324 e. The van der Waals surface area contributed by atoms with Crippen LogP contribution in [0.15, 0.2) is 54.9 Å². The van der Waals surface area contributed by atoms with E-state index in [0.717, 1.165) is 11.3 Å². The molecule has 0 unspecified atom stereocenters. The van der Waals surface area contributed by atoms with E-state index < -0.39 is 0 Å². The SMILES string of the molecule is CC(=O)c1ccc(NC(=O)c2cnc(Nc3cccc(Cl)c3C)nc2)cc1. The highest BCUT2D eigenvalue weighted by atomic mass is 35.5. The predicted molar refractivity (Wildman–Crippen MR) is 106 cm³/mol. The topological polar surface area (TPSA) is 84.0 Å². The van der Waals surface area contributed by atoms with Gasteiger partial charge in [0.2, 0.25) is 5.95 Å². The molecule has 0 saturated carbocycles. The Labute approximate surface area is 161 Å². The number of ketones is 1. The molecule has 1 heterocycles. The molecule has 6 nitrogen and oxygen atoms in total. The number of halogens is 1. The van der Waals surface area contributed by atoms with Crippen LogP contribution in [0.3, 0.4) is 0 Å². The summed E-state index contributed by atoms with van der Waals surface area (Å²) in [5.41, 5.74) is 3.17. The van der Waals surface area contributed by atoms with Crippen LogP contribution in [0.5, 0.6) is 0 Å². The van der Waals surface area contributed by atoms with Gasteiger partial charge in [-0.25, -0.2) is 9.97 Å². The summed E-state index contributed by atoms with van der Waals surface area (Å²) in [6.07, 6.45) is 2.88. The maximum Gasteiger partial charge on any atom is 0.258 e. The predicted octanol–water partition coefficient (Wildman–Crippen LogP) is 4.64. The third-order valence-electron chi connectivity index (χ3n) is 3.98. The monoisotopic (exact) mass is 380 g/mol. The van der Waals surface area contributed by atoms with Crippen molar-refractivity contribution in [3.63, 3.8) is 0 Å². The number of Topliss-reactive ketones (excluding diaryl/α,β-unsaturated/α-hetero) is 1. The average Bonchev–Trinajstić information content (AvgIpc) is 2.66. The summed E-state index contributed by atoms with van der Waals surface area (Å²) in [4.78, 5) is 31.9. The maximum absolute atomic E-state index is 12.3. The Morgan fingerprint density at radius 3 is 2.26 bits per heavy atom. The van der Waals surface area contributed by atoms with Gasteiger partial charge in [-0.05, 0) is 55.8 Å². The normalized spacial score (nSPS) is 10.3. The van der Waals surface area contributed by atoms with Gasteiger partial charge in [-0.2, -0.15) is 0 Å². The van der Waals surface area contributed by atoms with Crippen molar-refractivity contribution in [3.8, 4) is 0 Å². The number of anilines is 3. The van der Waals surface area contributed by atoms with Gasteiger partial charge in [-0.3, -0.25) is 9.59 Å². The van der Waals surface area contributed by atoms with Crippen molar-refractivity contribution in [2.75, 3.05) is 10.6 Å². The molecule has 2 N–H and O–H groups in total. The van der Waals surface area contributed by atoms with Gasteiger partial charge in [-0.1, -0.05) is 17.7 Å². The Balaban J connectivity index is 1.68. The second-order valence-corrected chi connectivity index (χ2v) is 6.33. The van der Waals surface area contributed by atoms with Crippen LogP contribution in [0, 0.1) is 6.92 Å². The zero-order valence-corrected chi connectivity index (χ0v) is 15.5. The fourth-order valence-electron chi connectivity index (χ4n) is 2.36. The van der Waals surface area contributed by atoms with Crippen LogP contribution in [0.4, 0.5) is 17.3 Å². The summed E-state index contributed by atoms with van der Waals surface area (Å²) in [5, 5.41) is 6.46. The van der Waals surface area contributed by atoms with E-state index in [4.69, 9.17) is 11.6 Å². The number of aromatic nitrogens is 2. The van der Waals surface area contributed by atoms with Gasteiger partial charge in [0.25, 0.3) is 5.91 Å². The van der Waals surface area contributed by atoms with Gasteiger partial charge in [0.1, 0.15) is 0 Å². The van der Waals surface area contributed by atoms with Gasteiger partial charge < -0.3 is 10.6 Å². The number of carbonyl (C=O) groups excluding carboxylic acids is 2. The van der Waals surface area contributed by atoms with Gasteiger partial charge in [0.05, 0.1) is 5.56 Å². The number of nitrogens with zero attached hydrogens (tertiary/aromatic N) is 2. The Morgan fingerprint density at radius 1 is 0.963 bits per heavy atom. The lowest BCUT2D eigenvalue weighted by atomic mass is 10.1. The quantitative estimate of drug-likeness (QED) is 0.630. The molecule has 2 aromatic carbocycles. The molecule has 0 fully saturated rings. The van der Waals surface area contributed by atoms with Crippen molar-refractivity contribution >= 4 is 40.6 Å². The van der Waals surface area contributed by atoms with E-state index >= 15 is 0 Å². The molecule has 0 spiro atoms. The molecule has 27 heavy (non-hydrogen) atoms. The fraction of sp³-hybridized carbons (Fsp3) is 0.100. The third kappa shape index (κ3) is 4.48. The van der Waals surface area contributed by atoms with Gasteiger partial charge in [-0.15, -0.1) is 0 Å². The van der Waals surface area contributed by atoms with Crippen molar-refractivity contribution < 1.29 is 9.59 Å². The Bertz CT molecular complexity index is 986. The van der Waals surface area contributed by atoms with Crippen LogP contribution in [0.1, 0.15) is 33.2 Å². The molecular formula is C20H17ClN4O2. The highest BCUT2D eigenvalue weighted by molar-refractivity contribution is 6.31. The molecule has 1 aromatic heterocycles. The molecule has 0 aliphatic heterocycles. The first-order chi connectivity index (χ1) is 12.9. The number of hydrogen-bond donors (Lipinski definition) is 2. The molecule has 0 radical (unpaired) electrons. The van der Waals surface area contributed by atoms with Crippen molar-refractivity contribution in [2.45, 2.75) is 13.8 Å². The first-order valence-corrected chi connectivity index (χ1v) is 8.58. The lowest BCUT2D eigenvalue weighted by molar-refractivity contribution is 0.101. The summed E-state index contributed by atoms with van der Waals surface area (Å²) in [6.45, 7) is 3.38. The minimum Gasteiger partial charge on any atom is -0.324 e. The lowest BCUT2D eigenvalue weighted by Gasteiger charge is -2.09. The first-order valence-electron chi connectivity index (χ1n) is 8.20. The van der Waals surface area contributed by atoms with Gasteiger partial charge >= 0.3 is 0 Å². The highest BCUT2D eigenvalue weighted by Crippen LogP contribution is 2.24. The Hall–Kier alpha value is -3.25. The van der Waals surface area contributed by atoms with Crippen molar-refractivity contribution in [1.82, 2.24) is 9.97 Å². The number of hydrogen-bond acceptors (Lipinski definition) is 5. The molecular weight excluding hydrogens is 364 g/mol. The molecule has 0 atom stereocenters. The van der Waals surface area contributed by atoms with Crippen LogP contribution in [0.25, 0.3) is 0 Å². The number of benzene rings is 2. The van der Waals surface area contributed by atoms with Crippen LogP contribution < -0.4 is 10.6 Å². The Morgan fingerprint density at radius 2 is 1.63 bits per heavy atom. The molecule has 3 rings (SSSR count).